The number of aryl methyl sites for hydroxylation is 2. The number of furan rings is 1. The Kier molecular flexibility index (Phi) is 3.53. The molecule has 0 bridgehead atoms. The summed E-state index contributed by atoms with van der Waals surface area (Å²) in [6.45, 7) is 4.05. The topological polar surface area (TPSA) is 96.7 Å². The van der Waals surface area contributed by atoms with Crippen LogP contribution in [-0.4, -0.2) is 26.5 Å². The van der Waals surface area contributed by atoms with Gasteiger partial charge in [0.15, 0.2) is 5.76 Å². The van der Waals surface area contributed by atoms with Crippen LogP contribution in [0.4, 0.5) is 5.69 Å². The first-order valence-electron chi connectivity index (χ1n) is 7.76. The van der Waals surface area contributed by atoms with Gasteiger partial charge in [0, 0.05) is 16.6 Å². The molecule has 7 heteroatoms. The zero-order valence-electron chi connectivity index (χ0n) is 13.7. The highest BCUT2D eigenvalue weighted by Gasteiger charge is 2.14. The van der Waals surface area contributed by atoms with E-state index in [0.29, 0.717) is 17.1 Å². The maximum absolute atomic E-state index is 12.5. The first kappa shape index (κ1) is 15.1. The van der Waals surface area contributed by atoms with Gasteiger partial charge in [-0.2, -0.15) is 5.21 Å². The molecule has 2 aromatic heterocycles. The maximum Gasteiger partial charge on any atom is 0.291 e. The summed E-state index contributed by atoms with van der Waals surface area (Å²) in [6.07, 6.45) is 0. The van der Waals surface area contributed by atoms with Crippen molar-refractivity contribution < 1.29 is 9.21 Å². The van der Waals surface area contributed by atoms with E-state index in [9.17, 15) is 4.79 Å². The number of nitrogens with one attached hydrogen (secondary N) is 2. The Morgan fingerprint density at radius 2 is 1.96 bits per heavy atom. The molecule has 7 nitrogen and oxygen atoms in total. The maximum atomic E-state index is 12.5. The third-order valence-electron chi connectivity index (χ3n) is 4.08. The molecule has 0 spiro atoms. The van der Waals surface area contributed by atoms with Gasteiger partial charge in [-0.1, -0.05) is 12.1 Å². The van der Waals surface area contributed by atoms with Gasteiger partial charge in [0.1, 0.15) is 5.58 Å². The van der Waals surface area contributed by atoms with Gasteiger partial charge >= 0.3 is 0 Å². The van der Waals surface area contributed by atoms with Crippen molar-refractivity contribution >= 4 is 22.6 Å². The number of amides is 1. The fraction of sp³-hybridized carbons (Fsp3) is 0.111. The highest BCUT2D eigenvalue weighted by Crippen LogP contribution is 2.24. The van der Waals surface area contributed by atoms with E-state index in [2.05, 4.69) is 25.9 Å². The van der Waals surface area contributed by atoms with Gasteiger partial charge < -0.3 is 9.73 Å². The van der Waals surface area contributed by atoms with Crippen LogP contribution in [0, 0.1) is 13.8 Å². The molecular formula is C18H15N5O2. The van der Waals surface area contributed by atoms with Crippen LogP contribution >= 0.6 is 0 Å². The lowest BCUT2D eigenvalue weighted by atomic mass is 10.1. The number of aromatic amines is 1. The molecule has 124 valence electrons. The highest BCUT2D eigenvalue weighted by atomic mass is 16.3. The van der Waals surface area contributed by atoms with Crippen molar-refractivity contribution in [1.82, 2.24) is 20.6 Å². The number of hydrogen-bond donors (Lipinski definition) is 2. The normalized spacial score (nSPS) is 11.0. The zero-order valence-corrected chi connectivity index (χ0v) is 13.7. The molecule has 1 amide bonds. The van der Waals surface area contributed by atoms with Crippen molar-refractivity contribution in [2.24, 2.45) is 0 Å². The summed E-state index contributed by atoms with van der Waals surface area (Å²) < 4.78 is 5.69. The number of nitrogens with zero attached hydrogens (tertiary/aromatic N) is 3. The van der Waals surface area contributed by atoms with Gasteiger partial charge in [0.2, 0.25) is 5.82 Å². The van der Waals surface area contributed by atoms with E-state index in [4.69, 9.17) is 4.42 Å². The van der Waals surface area contributed by atoms with Gasteiger partial charge in [0.05, 0.1) is 0 Å². The zero-order chi connectivity index (χ0) is 17.4. The molecule has 0 aliphatic carbocycles. The molecule has 0 aliphatic rings. The van der Waals surface area contributed by atoms with Crippen molar-refractivity contribution in [3.8, 4) is 11.4 Å². The molecule has 2 heterocycles. The number of H-pyrrole nitrogens is 1. The predicted molar refractivity (Wildman–Crippen MR) is 93.3 cm³/mol. The highest BCUT2D eigenvalue weighted by molar-refractivity contribution is 6.04. The monoisotopic (exact) mass is 333 g/mol. The van der Waals surface area contributed by atoms with Crippen LogP contribution in [0.25, 0.3) is 22.4 Å². The van der Waals surface area contributed by atoms with Crippen molar-refractivity contribution in [3.63, 3.8) is 0 Å². The summed E-state index contributed by atoms with van der Waals surface area (Å²) in [7, 11) is 0. The standard InChI is InChI=1S/C18H15N5O2/c1-10-6-13-9-16(25-15(13)7-11(10)2)18(24)19-14-5-3-4-12(8-14)17-20-22-23-21-17/h3-9H,1-2H3,(H,19,24)(H,20,21,22,23). The van der Waals surface area contributed by atoms with Crippen LogP contribution in [0.3, 0.4) is 0 Å². The second-order valence-electron chi connectivity index (χ2n) is 5.86. The van der Waals surface area contributed by atoms with Gasteiger partial charge in [-0.15, -0.1) is 10.2 Å². The SMILES string of the molecule is Cc1cc2cc(C(=O)Nc3cccc(-c4nn[nH]n4)c3)oc2cc1C. The number of aromatic nitrogens is 4. The lowest BCUT2D eigenvalue weighted by molar-refractivity contribution is 0.0998. The first-order chi connectivity index (χ1) is 12.1. The second kappa shape index (κ2) is 5.86. The Bertz CT molecular complexity index is 1030. The molecule has 2 N–H and O–H groups in total. The molecule has 0 aliphatic heterocycles. The summed E-state index contributed by atoms with van der Waals surface area (Å²) in [5.74, 6) is 0.424. The minimum absolute atomic E-state index is 0.268. The molecule has 0 radical (unpaired) electrons. The number of anilines is 1. The number of hydrogen-bond acceptors (Lipinski definition) is 5. The Balaban J connectivity index is 1.61. The van der Waals surface area contributed by atoms with Crippen LogP contribution in [0.5, 0.6) is 0 Å². The van der Waals surface area contributed by atoms with E-state index in [0.717, 1.165) is 22.1 Å². The molecule has 0 fully saturated rings. The van der Waals surface area contributed by atoms with E-state index in [1.54, 1.807) is 18.2 Å². The number of carbonyl (C=O) groups is 1. The van der Waals surface area contributed by atoms with Crippen molar-refractivity contribution in [3.05, 3.63) is 59.4 Å². The summed E-state index contributed by atoms with van der Waals surface area (Å²) in [4.78, 5) is 12.5. The van der Waals surface area contributed by atoms with Gasteiger partial charge in [-0.3, -0.25) is 4.79 Å². The van der Waals surface area contributed by atoms with Gasteiger partial charge in [-0.25, -0.2) is 0 Å². The summed E-state index contributed by atoms with van der Waals surface area (Å²) >= 11 is 0. The third kappa shape index (κ3) is 2.87. The van der Waals surface area contributed by atoms with E-state index in [1.165, 1.54) is 0 Å². The summed E-state index contributed by atoms with van der Waals surface area (Å²) in [5, 5.41) is 17.5. The summed E-state index contributed by atoms with van der Waals surface area (Å²) in [5.41, 5.74) is 4.37. The Labute approximate surface area is 143 Å². The largest absolute Gasteiger partial charge is 0.451 e. The fourth-order valence-corrected chi connectivity index (χ4v) is 2.63. The molecule has 4 aromatic rings. The van der Waals surface area contributed by atoms with E-state index < -0.39 is 0 Å². The molecule has 2 aromatic carbocycles. The molecular weight excluding hydrogens is 318 g/mol. The number of tetrazole rings is 1. The number of rotatable bonds is 3. The van der Waals surface area contributed by atoms with E-state index in [1.807, 2.05) is 38.1 Å². The number of fused-ring (bicyclic) bond motifs is 1. The van der Waals surface area contributed by atoms with Crippen molar-refractivity contribution in [1.29, 1.82) is 0 Å². The molecule has 0 atom stereocenters. The van der Waals surface area contributed by atoms with Crippen LogP contribution in [0.2, 0.25) is 0 Å². The number of benzene rings is 2. The number of carbonyl (C=O) groups excluding carboxylic acids is 1. The first-order valence-corrected chi connectivity index (χ1v) is 7.76. The van der Waals surface area contributed by atoms with Crippen molar-refractivity contribution in [2.75, 3.05) is 5.32 Å². The molecule has 0 saturated carbocycles. The third-order valence-corrected chi connectivity index (χ3v) is 4.08. The fourth-order valence-electron chi connectivity index (χ4n) is 2.63. The predicted octanol–water partition coefficient (Wildman–Crippen LogP) is 3.48. The lowest BCUT2D eigenvalue weighted by Crippen LogP contribution is -2.10. The summed E-state index contributed by atoms with van der Waals surface area (Å²) in [6, 6.07) is 12.9. The van der Waals surface area contributed by atoms with Crippen LogP contribution in [0.1, 0.15) is 21.7 Å². The Morgan fingerprint density at radius 1 is 1.12 bits per heavy atom. The van der Waals surface area contributed by atoms with E-state index in [-0.39, 0.29) is 11.7 Å². The molecule has 0 unspecified atom stereocenters. The quantitative estimate of drug-likeness (QED) is 0.598. The second-order valence-corrected chi connectivity index (χ2v) is 5.86. The minimum Gasteiger partial charge on any atom is -0.451 e. The van der Waals surface area contributed by atoms with Crippen molar-refractivity contribution in [2.45, 2.75) is 13.8 Å². The molecule has 0 saturated heterocycles. The average Bonchev–Trinajstić information content (AvgIpc) is 3.25. The molecule has 25 heavy (non-hydrogen) atoms. The van der Waals surface area contributed by atoms with Crippen LogP contribution < -0.4 is 5.32 Å². The lowest BCUT2D eigenvalue weighted by Gasteiger charge is -2.04. The van der Waals surface area contributed by atoms with Gasteiger partial charge in [0.25, 0.3) is 5.91 Å². The Hall–Kier alpha value is -3.48. The smallest absolute Gasteiger partial charge is 0.291 e. The van der Waals surface area contributed by atoms with E-state index >= 15 is 0 Å². The Morgan fingerprint density at radius 3 is 2.76 bits per heavy atom. The van der Waals surface area contributed by atoms with Crippen LogP contribution in [-0.2, 0) is 0 Å². The molecule has 4 rings (SSSR count). The average molecular weight is 333 g/mol. The minimum atomic E-state index is -0.309. The van der Waals surface area contributed by atoms with Crippen LogP contribution in [0.15, 0.2) is 46.9 Å². The van der Waals surface area contributed by atoms with Gasteiger partial charge in [-0.05, 0) is 60.5 Å².